The number of esters is 1. The summed E-state index contributed by atoms with van der Waals surface area (Å²) in [5.41, 5.74) is 0.812. The van der Waals surface area contributed by atoms with Gasteiger partial charge in [-0.1, -0.05) is 72.8 Å². The van der Waals surface area contributed by atoms with Crippen LogP contribution in [0.1, 0.15) is 49.3 Å². The van der Waals surface area contributed by atoms with Gasteiger partial charge < -0.3 is 14.4 Å². The van der Waals surface area contributed by atoms with Gasteiger partial charge in [0.15, 0.2) is 5.60 Å². The molecule has 1 unspecified atom stereocenters. The molecule has 1 fully saturated rings. The normalized spacial score (nSPS) is 15.8. The Morgan fingerprint density at radius 3 is 2.23 bits per heavy atom. The van der Waals surface area contributed by atoms with Gasteiger partial charge in [0.1, 0.15) is 12.4 Å². The van der Waals surface area contributed by atoms with Crippen molar-refractivity contribution in [3.63, 3.8) is 0 Å². The van der Waals surface area contributed by atoms with Crippen molar-refractivity contribution in [3.05, 3.63) is 102 Å². The van der Waals surface area contributed by atoms with Gasteiger partial charge in [0.2, 0.25) is 0 Å². The molecule has 40 heavy (non-hydrogen) atoms. The van der Waals surface area contributed by atoms with E-state index in [1.165, 1.54) is 4.90 Å². The van der Waals surface area contributed by atoms with E-state index >= 15 is 0 Å². The quantitative estimate of drug-likeness (QED) is 0.224. The molecule has 1 atom stereocenters. The predicted octanol–water partition coefficient (Wildman–Crippen LogP) is 6.91. The van der Waals surface area contributed by atoms with Gasteiger partial charge in [0, 0.05) is 19.0 Å². The molecule has 1 aliphatic heterocycles. The molecule has 4 rings (SSSR count). The summed E-state index contributed by atoms with van der Waals surface area (Å²) in [4.78, 5) is 27.0. The molecule has 0 aliphatic carbocycles. The van der Waals surface area contributed by atoms with Crippen LogP contribution >= 0.6 is 0 Å². The number of carbonyl (C=O) groups excluding carboxylic acids is 2. The van der Waals surface area contributed by atoms with E-state index in [4.69, 9.17) is 9.47 Å². The Morgan fingerprint density at radius 2 is 1.57 bits per heavy atom. The zero-order valence-corrected chi connectivity index (χ0v) is 22.6. The summed E-state index contributed by atoms with van der Waals surface area (Å²) in [6.07, 6.45) is -3.54. The van der Waals surface area contributed by atoms with Crippen LogP contribution in [0.15, 0.2) is 84.9 Å². The molecule has 212 valence electrons. The minimum atomic E-state index is -4.81. The highest BCUT2D eigenvalue weighted by Crippen LogP contribution is 2.33. The highest BCUT2D eigenvalue weighted by molar-refractivity contribution is 5.79. The number of ether oxygens (including phenoxy) is 2. The van der Waals surface area contributed by atoms with E-state index in [-0.39, 0.29) is 30.5 Å². The average Bonchev–Trinajstić information content (AvgIpc) is 2.95. The molecule has 0 aromatic heterocycles. The fraction of sp³-hybridized carbons (Fsp3) is 0.355. The van der Waals surface area contributed by atoms with Crippen molar-refractivity contribution in [2.24, 2.45) is 0 Å². The standard InChI is InChI=1S/C31H33F3N2O4/c1-30(2,28(37)39-22-24-13-7-4-8-14-24)40-27-17-9-15-25(19-27)26-16-10-18-35(21-26)29(38)36(31(32,33)34)20-23-11-5-3-6-12-23/h3-9,11-15,17,19,26H,10,16,18,20-22H2,1-2H3. The first-order valence-corrected chi connectivity index (χ1v) is 13.2. The largest absolute Gasteiger partial charge is 0.488 e. The topological polar surface area (TPSA) is 59.1 Å². The third-order valence-electron chi connectivity index (χ3n) is 6.82. The first kappa shape index (κ1) is 29.0. The number of halogens is 3. The van der Waals surface area contributed by atoms with E-state index in [2.05, 4.69) is 0 Å². The highest BCUT2D eigenvalue weighted by atomic mass is 19.4. The number of urea groups is 1. The average molecular weight is 555 g/mol. The number of hydrogen-bond acceptors (Lipinski definition) is 4. The van der Waals surface area contributed by atoms with E-state index in [9.17, 15) is 22.8 Å². The first-order valence-electron chi connectivity index (χ1n) is 13.2. The third-order valence-corrected chi connectivity index (χ3v) is 6.82. The zero-order valence-electron chi connectivity index (χ0n) is 22.6. The molecule has 0 bridgehead atoms. The Morgan fingerprint density at radius 1 is 0.925 bits per heavy atom. The molecule has 0 radical (unpaired) electrons. The number of carbonyl (C=O) groups is 2. The van der Waals surface area contributed by atoms with Crippen molar-refractivity contribution in [2.75, 3.05) is 13.1 Å². The molecule has 1 heterocycles. The van der Waals surface area contributed by atoms with Gasteiger partial charge in [-0.15, -0.1) is 13.2 Å². The number of alkyl halides is 3. The summed E-state index contributed by atoms with van der Waals surface area (Å²) in [6.45, 7) is 3.19. The molecule has 0 N–H and O–H groups in total. The second-order valence-corrected chi connectivity index (χ2v) is 10.4. The molecule has 0 spiro atoms. The van der Waals surface area contributed by atoms with Crippen LogP contribution in [0, 0.1) is 0 Å². The molecule has 0 saturated carbocycles. The molecule has 3 aromatic carbocycles. The lowest BCUT2D eigenvalue weighted by Crippen LogP contribution is -2.51. The molecule has 9 heteroatoms. The van der Waals surface area contributed by atoms with E-state index < -0.39 is 30.4 Å². The van der Waals surface area contributed by atoms with Crippen LogP contribution in [0.5, 0.6) is 5.75 Å². The number of hydrogen-bond donors (Lipinski definition) is 0. The maximum Gasteiger partial charge on any atom is 0.488 e. The second kappa shape index (κ2) is 12.4. The SMILES string of the molecule is CC(C)(Oc1cccc(C2CCCN(C(=O)N(Cc3ccccc3)C(F)(F)F)C2)c1)C(=O)OCc1ccccc1. The first-order chi connectivity index (χ1) is 19.0. The molecule has 6 nitrogen and oxygen atoms in total. The van der Waals surface area contributed by atoms with Crippen molar-refractivity contribution in [2.45, 2.75) is 57.7 Å². The fourth-order valence-electron chi connectivity index (χ4n) is 4.69. The van der Waals surface area contributed by atoms with Gasteiger partial charge in [0.25, 0.3) is 0 Å². The molecule has 3 aromatic rings. The smallest absolute Gasteiger partial charge is 0.476 e. The Hall–Kier alpha value is -4.01. The second-order valence-electron chi connectivity index (χ2n) is 10.4. The zero-order chi connectivity index (χ0) is 28.8. The van der Waals surface area contributed by atoms with Crippen molar-refractivity contribution in [1.82, 2.24) is 9.80 Å². The highest BCUT2D eigenvalue weighted by Gasteiger charge is 2.43. The van der Waals surface area contributed by atoms with Crippen molar-refractivity contribution in [1.29, 1.82) is 0 Å². The monoisotopic (exact) mass is 554 g/mol. The van der Waals surface area contributed by atoms with Crippen LogP contribution in [-0.4, -0.2) is 46.8 Å². The fourth-order valence-corrected chi connectivity index (χ4v) is 4.69. The Labute approximate surface area is 232 Å². The summed E-state index contributed by atoms with van der Waals surface area (Å²) in [7, 11) is 0. The molecular weight excluding hydrogens is 521 g/mol. The van der Waals surface area contributed by atoms with Gasteiger partial charge in [0.05, 0.1) is 6.54 Å². The van der Waals surface area contributed by atoms with Crippen LogP contribution in [0.3, 0.4) is 0 Å². The number of piperidine rings is 1. The van der Waals surface area contributed by atoms with E-state index in [0.29, 0.717) is 24.2 Å². The van der Waals surface area contributed by atoms with Gasteiger partial charge >= 0.3 is 18.3 Å². The maximum atomic E-state index is 13.9. The van der Waals surface area contributed by atoms with Gasteiger partial charge in [-0.25, -0.2) is 14.5 Å². The van der Waals surface area contributed by atoms with E-state index in [1.807, 2.05) is 36.4 Å². The van der Waals surface area contributed by atoms with Crippen molar-refractivity contribution < 1.29 is 32.2 Å². The Bertz CT molecular complexity index is 1280. The Balaban J connectivity index is 1.42. The van der Waals surface area contributed by atoms with E-state index in [1.54, 1.807) is 62.4 Å². The maximum absolute atomic E-state index is 13.9. The van der Waals surface area contributed by atoms with Crippen LogP contribution in [-0.2, 0) is 22.7 Å². The lowest BCUT2D eigenvalue weighted by molar-refractivity contribution is -0.230. The van der Waals surface area contributed by atoms with Gasteiger partial charge in [-0.3, -0.25) is 0 Å². The summed E-state index contributed by atoms with van der Waals surface area (Å²) in [5.74, 6) is -0.272. The summed E-state index contributed by atoms with van der Waals surface area (Å²) in [6, 6.07) is 23.5. The van der Waals surface area contributed by atoms with Crippen LogP contribution < -0.4 is 4.74 Å². The van der Waals surface area contributed by atoms with Crippen LogP contribution in [0.2, 0.25) is 0 Å². The molecule has 1 saturated heterocycles. The van der Waals surface area contributed by atoms with Crippen LogP contribution in [0.4, 0.5) is 18.0 Å². The summed E-state index contributed by atoms with van der Waals surface area (Å²) >= 11 is 0. The summed E-state index contributed by atoms with van der Waals surface area (Å²) < 4.78 is 53.1. The lowest BCUT2D eigenvalue weighted by atomic mass is 9.90. The lowest BCUT2D eigenvalue weighted by Gasteiger charge is -2.37. The minimum Gasteiger partial charge on any atom is -0.476 e. The molecular formula is C31H33F3N2O4. The molecule has 1 aliphatic rings. The van der Waals surface area contributed by atoms with E-state index in [0.717, 1.165) is 11.1 Å². The van der Waals surface area contributed by atoms with Crippen molar-refractivity contribution in [3.8, 4) is 5.75 Å². The number of nitrogens with zero attached hydrogens (tertiary/aromatic N) is 2. The Kier molecular flexibility index (Phi) is 9.02. The predicted molar refractivity (Wildman–Crippen MR) is 144 cm³/mol. The van der Waals surface area contributed by atoms with Crippen molar-refractivity contribution >= 4 is 12.0 Å². The number of rotatable bonds is 8. The van der Waals surface area contributed by atoms with Gasteiger partial charge in [-0.2, -0.15) is 0 Å². The number of amides is 2. The number of benzene rings is 3. The number of likely N-dealkylation sites (tertiary alicyclic amines) is 1. The minimum absolute atomic E-state index is 0.0339. The molecule has 2 amide bonds. The van der Waals surface area contributed by atoms with Gasteiger partial charge in [-0.05, 0) is 55.5 Å². The third kappa shape index (κ3) is 7.55. The van der Waals surface area contributed by atoms with Crippen LogP contribution in [0.25, 0.3) is 0 Å². The summed E-state index contributed by atoms with van der Waals surface area (Å²) in [5, 5.41) is 0.